The van der Waals surface area contributed by atoms with Crippen molar-refractivity contribution in [3.8, 4) is 0 Å². The van der Waals surface area contributed by atoms with Crippen LogP contribution in [-0.4, -0.2) is 24.8 Å². The number of halogens is 1. The van der Waals surface area contributed by atoms with E-state index in [1.165, 1.54) is 16.7 Å². The minimum atomic E-state index is 0.657. The molecule has 0 spiro atoms. The van der Waals surface area contributed by atoms with Gasteiger partial charge in [-0.1, -0.05) is 40.9 Å². The molecule has 0 bridgehead atoms. The van der Waals surface area contributed by atoms with Crippen LogP contribution in [0.3, 0.4) is 0 Å². The third kappa shape index (κ3) is 5.00. The molecule has 0 aliphatic carbocycles. The minimum Gasteiger partial charge on any atom is -0.381 e. The average Bonchev–Trinajstić information content (AvgIpc) is 2.52. The molecule has 0 aromatic heterocycles. The van der Waals surface area contributed by atoms with Crippen LogP contribution in [0.5, 0.6) is 0 Å². The molecule has 0 saturated heterocycles. The lowest BCUT2D eigenvalue weighted by atomic mass is 10.1. The first kappa shape index (κ1) is 18.3. The Balaban J connectivity index is 2.14. The summed E-state index contributed by atoms with van der Waals surface area (Å²) in [5.41, 5.74) is 6.82. The molecule has 0 aliphatic heterocycles. The van der Waals surface area contributed by atoms with Gasteiger partial charge < -0.3 is 10.2 Å². The summed E-state index contributed by atoms with van der Waals surface area (Å²) in [6, 6.07) is 10.6. The molecule has 2 rings (SSSR count). The Morgan fingerprint density at radius 1 is 1.08 bits per heavy atom. The van der Waals surface area contributed by atoms with E-state index in [1.54, 1.807) is 0 Å². The molecule has 0 radical (unpaired) electrons. The fraction of sp³-hybridized carbons (Fsp3) is 0.350. The Morgan fingerprint density at radius 2 is 1.75 bits per heavy atom. The van der Waals surface area contributed by atoms with Crippen molar-refractivity contribution in [3.63, 3.8) is 0 Å². The molecule has 4 heteroatoms. The molecule has 2 aromatic carbocycles. The van der Waals surface area contributed by atoms with Crippen LogP contribution in [0.2, 0.25) is 5.02 Å². The number of nitrogens with zero attached hydrogens (tertiary/aromatic N) is 2. The Labute approximate surface area is 150 Å². The van der Waals surface area contributed by atoms with Gasteiger partial charge >= 0.3 is 0 Å². The van der Waals surface area contributed by atoms with E-state index in [0.717, 1.165) is 30.0 Å². The van der Waals surface area contributed by atoms with E-state index in [0.29, 0.717) is 5.02 Å². The van der Waals surface area contributed by atoms with Crippen molar-refractivity contribution >= 4 is 29.3 Å². The Kier molecular flexibility index (Phi) is 6.27. The third-order valence-electron chi connectivity index (χ3n) is 3.95. The third-order valence-corrected chi connectivity index (χ3v) is 4.25. The SMILES string of the molecule is CCN(C)C=Nc1cc(C)c(NCc2cc(C)cc(C)c2)cc1Cl. The molecule has 0 aliphatic rings. The largest absolute Gasteiger partial charge is 0.381 e. The highest BCUT2D eigenvalue weighted by atomic mass is 35.5. The van der Waals surface area contributed by atoms with Gasteiger partial charge in [0.2, 0.25) is 0 Å². The van der Waals surface area contributed by atoms with E-state index in [1.807, 2.05) is 30.4 Å². The van der Waals surface area contributed by atoms with Crippen molar-refractivity contribution in [1.82, 2.24) is 4.90 Å². The molecule has 2 aromatic rings. The fourth-order valence-corrected chi connectivity index (χ4v) is 2.78. The summed E-state index contributed by atoms with van der Waals surface area (Å²) in [4.78, 5) is 6.47. The molecule has 1 N–H and O–H groups in total. The normalized spacial score (nSPS) is 11.1. The molecular formula is C20H26ClN3. The zero-order chi connectivity index (χ0) is 17.7. The van der Waals surface area contributed by atoms with Crippen LogP contribution < -0.4 is 5.32 Å². The minimum absolute atomic E-state index is 0.657. The number of benzene rings is 2. The lowest BCUT2D eigenvalue weighted by molar-refractivity contribution is 0.552. The van der Waals surface area contributed by atoms with Gasteiger partial charge in [0.15, 0.2) is 0 Å². The molecule has 0 fully saturated rings. The van der Waals surface area contributed by atoms with Crippen LogP contribution in [0.15, 0.2) is 35.3 Å². The van der Waals surface area contributed by atoms with Gasteiger partial charge in [-0.05, 0) is 51.0 Å². The van der Waals surface area contributed by atoms with Crippen LogP contribution in [0.4, 0.5) is 11.4 Å². The van der Waals surface area contributed by atoms with Crippen molar-refractivity contribution in [1.29, 1.82) is 0 Å². The lowest BCUT2D eigenvalue weighted by Crippen LogP contribution is -2.14. The number of hydrogen-bond donors (Lipinski definition) is 1. The van der Waals surface area contributed by atoms with Gasteiger partial charge in [0.05, 0.1) is 17.0 Å². The number of hydrogen-bond acceptors (Lipinski definition) is 2. The second-order valence-corrected chi connectivity index (χ2v) is 6.69. The van der Waals surface area contributed by atoms with Crippen LogP contribution in [-0.2, 0) is 6.54 Å². The Morgan fingerprint density at radius 3 is 2.38 bits per heavy atom. The van der Waals surface area contributed by atoms with Crippen LogP contribution in [0.1, 0.15) is 29.2 Å². The van der Waals surface area contributed by atoms with Crippen molar-refractivity contribution in [2.75, 3.05) is 18.9 Å². The first-order valence-electron chi connectivity index (χ1n) is 8.24. The van der Waals surface area contributed by atoms with Crippen LogP contribution in [0.25, 0.3) is 0 Å². The number of anilines is 1. The molecule has 0 unspecified atom stereocenters. The van der Waals surface area contributed by atoms with E-state index >= 15 is 0 Å². The molecular weight excluding hydrogens is 318 g/mol. The second kappa shape index (κ2) is 8.20. The monoisotopic (exact) mass is 343 g/mol. The van der Waals surface area contributed by atoms with Crippen molar-refractivity contribution in [2.45, 2.75) is 34.2 Å². The molecule has 0 amide bonds. The number of aryl methyl sites for hydroxylation is 3. The summed E-state index contributed by atoms with van der Waals surface area (Å²) < 4.78 is 0. The predicted octanol–water partition coefficient (Wildman–Crippen LogP) is 5.49. The smallest absolute Gasteiger partial charge is 0.0910 e. The summed E-state index contributed by atoms with van der Waals surface area (Å²) in [7, 11) is 1.99. The number of rotatable bonds is 6. The molecule has 0 atom stereocenters. The summed E-state index contributed by atoms with van der Waals surface area (Å²) in [5, 5.41) is 4.14. The van der Waals surface area contributed by atoms with Crippen molar-refractivity contribution in [3.05, 3.63) is 57.6 Å². The van der Waals surface area contributed by atoms with Gasteiger partial charge in [0.1, 0.15) is 0 Å². The molecule has 24 heavy (non-hydrogen) atoms. The van der Waals surface area contributed by atoms with Crippen LogP contribution in [0, 0.1) is 20.8 Å². The maximum Gasteiger partial charge on any atom is 0.0910 e. The van der Waals surface area contributed by atoms with Crippen molar-refractivity contribution < 1.29 is 0 Å². The number of nitrogens with one attached hydrogen (secondary N) is 1. The molecule has 128 valence electrons. The summed E-state index contributed by atoms with van der Waals surface area (Å²) >= 11 is 6.39. The zero-order valence-electron chi connectivity index (χ0n) is 15.2. The first-order chi connectivity index (χ1) is 11.4. The summed E-state index contributed by atoms with van der Waals surface area (Å²) in [6.45, 7) is 10.1. The average molecular weight is 344 g/mol. The highest BCUT2D eigenvalue weighted by Gasteiger charge is 2.06. The Bertz CT molecular complexity index is 718. The van der Waals surface area contributed by atoms with E-state index in [4.69, 9.17) is 11.6 Å². The molecule has 0 saturated carbocycles. The fourth-order valence-electron chi connectivity index (χ4n) is 2.57. The van der Waals surface area contributed by atoms with Gasteiger partial charge in [-0.15, -0.1) is 0 Å². The molecule has 3 nitrogen and oxygen atoms in total. The quantitative estimate of drug-likeness (QED) is 0.554. The van der Waals surface area contributed by atoms with Gasteiger partial charge in [0.25, 0.3) is 0 Å². The van der Waals surface area contributed by atoms with E-state index < -0.39 is 0 Å². The maximum atomic E-state index is 6.39. The topological polar surface area (TPSA) is 27.6 Å². The van der Waals surface area contributed by atoms with E-state index in [2.05, 4.69) is 56.2 Å². The van der Waals surface area contributed by atoms with Gasteiger partial charge in [0, 0.05) is 25.8 Å². The lowest BCUT2D eigenvalue weighted by Gasteiger charge is -2.13. The maximum absolute atomic E-state index is 6.39. The van der Waals surface area contributed by atoms with Crippen LogP contribution >= 0.6 is 11.6 Å². The van der Waals surface area contributed by atoms with Crippen molar-refractivity contribution in [2.24, 2.45) is 4.99 Å². The first-order valence-corrected chi connectivity index (χ1v) is 8.62. The highest BCUT2D eigenvalue weighted by molar-refractivity contribution is 6.33. The number of aliphatic imine (C=N–C) groups is 1. The second-order valence-electron chi connectivity index (χ2n) is 6.29. The van der Waals surface area contributed by atoms with E-state index in [-0.39, 0.29) is 0 Å². The van der Waals surface area contributed by atoms with Gasteiger partial charge in [-0.25, -0.2) is 4.99 Å². The predicted molar refractivity (Wildman–Crippen MR) is 106 cm³/mol. The van der Waals surface area contributed by atoms with Gasteiger partial charge in [-0.2, -0.15) is 0 Å². The standard InChI is InChI=1S/C20H26ClN3/c1-6-24(5)13-23-20-10-16(4)19(11-18(20)21)22-12-17-8-14(2)7-15(3)9-17/h7-11,13,22H,6,12H2,1-5H3. The highest BCUT2D eigenvalue weighted by Crippen LogP contribution is 2.31. The van der Waals surface area contributed by atoms with E-state index in [9.17, 15) is 0 Å². The summed E-state index contributed by atoms with van der Waals surface area (Å²) in [5.74, 6) is 0. The van der Waals surface area contributed by atoms with Gasteiger partial charge in [-0.3, -0.25) is 0 Å². The Hall–Kier alpha value is -2.00. The summed E-state index contributed by atoms with van der Waals surface area (Å²) in [6.07, 6.45) is 1.81. The zero-order valence-corrected chi connectivity index (χ0v) is 15.9. The molecule has 0 heterocycles.